The summed E-state index contributed by atoms with van der Waals surface area (Å²) in [7, 11) is 0. The number of alkyl carbamates (subject to hydrolysis) is 1. The van der Waals surface area contributed by atoms with Gasteiger partial charge in [0.1, 0.15) is 18.7 Å². The molecule has 33 heavy (non-hydrogen) atoms. The van der Waals surface area contributed by atoms with Gasteiger partial charge in [-0.25, -0.2) is 9.59 Å². The first-order chi connectivity index (χ1) is 15.8. The zero-order valence-electron chi connectivity index (χ0n) is 19.3. The number of nitrogens with one attached hydrogen (secondary N) is 2. The van der Waals surface area contributed by atoms with Gasteiger partial charge in [0.05, 0.1) is 0 Å². The first-order valence-corrected chi connectivity index (χ1v) is 11.5. The Hall–Kier alpha value is -3.35. The predicted octanol–water partition coefficient (Wildman–Crippen LogP) is 4.31. The van der Waals surface area contributed by atoms with Crippen molar-refractivity contribution in [1.82, 2.24) is 10.6 Å². The molecule has 0 aliphatic heterocycles. The highest BCUT2D eigenvalue weighted by Crippen LogP contribution is 2.44. The topological polar surface area (TPSA) is 105 Å². The monoisotopic (exact) mass is 452 g/mol. The van der Waals surface area contributed by atoms with Gasteiger partial charge in [-0.05, 0) is 34.6 Å². The molecule has 0 saturated heterocycles. The number of hydrogen-bond donors (Lipinski definition) is 3. The van der Waals surface area contributed by atoms with Gasteiger partial charge in [0.2, 0.25) is 5.91 Å². The van der Waals surface area contributed by atoms with Crippen LogP contribution in [0.3, 0.4) is 0 Å². The van der Waals surface area contributed by atoms with Crippen molar-refractivity contribution in [1.29, 1.82) is 0 Å². The van der Waals surface area contributed by atoms with E-state index >= 15 is 0 Å². The number of rotatable bonds is 10. The van der Waals surface area contributed by atoms with Crippen LogP contribution in [-0.2, 0) is 14.3 Å². The number of benzene rings is 2. The average Bonchev–Trinajstić information content (AvgIpc) is 3.12. The summed E-state index contributed by atoms with van der Waals surface area (Å²) in [6.07, 6.45) is 1.26. The van der Waals surface area contributed by atoms with E-state index in [4.69, 9.17) is 4.74 Å². The van der Waals surface area contributed by atoms with E-state index in [0.717, 1.165) is 28.7 Å². The minimum atomic E-state index is -1.10. The second-order valence-electron chi connectivity index (χ2n) is 8.73. The molecule has 0 radical (unpaired) electrons. The number of carbonyl (C=O) groups is 3. The van der Waals surface area contributed by atoms with Gasteiger partial charge in [-0.1, -0.05) is 82.1 Å². The Morgan fingerprint density at radius 1 is 0.970 bits per heavy atom. The fourth-order valence-corrected chi connectivity index (χ4v) is 4.23. The molecule has 1 aliphatic carbocycles. The van der Waals surface area contributed by atoms with Crippen molar-refractivity contribution in [2.24, 2.45) is 5.92 Å². The van der Waals surface area contributed by atoms with Crippen molar-refractivity contribution >= 4 is 18.0 Å². The van der Waals surface area contributed by atoms with E-state index in [2.05, 4.69) is 22.8 Å². The van der Waals surface area contributed by atoms with Crippen LogP contribution in [0, 0.1) is 5.92 Å². The molecular formula is C26H32N2O5. The standard InChI is InChI=1S/C26H32N2O5/c1-4-5-14-22(24(29)28-23(16(2)3)25(30)31)27-26(32)33-15-21-19-12-8-6-10-17(19)18-11-7-9-13-20(18)21/h6-13,16,21-23H,4-5,14-15H2,1-3H3,(H,27,32)(H,28,29)(H,30,31). The van der Waals surface area contributed by atoms with E-state index in [0.29, 0.717) is 12.8 Å². The summed E-state index contributed by atoms with van der Waals surface area (Å²) in [6.45, 7) is 5.57. The van der Waals surface area contributed by atoms with E-state index in [-0.39, 0.29) is 18.4 Å². The number of ether oxygens (including phenoxy) is 1. The van der Waals surface area contributed by atoms with Crippen molar-refractivity contribution in [3.05, 3.63) is 59.7 Å². The van der Waals surface area contributed by atoms with Crippen LogP contribution in [0.15, 0.2) is 48.5 Å². The third-order valence-electron chi connectivity index (χ3n) is 6.03. The van der Waals surface area contributed by atoms with Crippen LogP contribution in [0.5, 0.6) is 0 Å². The summed E-state index contributed by atoms with van der Waals surface area (Å²) >= 11 is 0. The number of carboxylic acids is 1. The Labute approximate surface area is 194 Å². The molecule has 0 saturated carbocycles. The second-order valence-corrected chi connectivity index (χ2v) is 8.73. The Kier molecular flexibility index (Phi) is 8.09. The van der Waals surface area contributed by atoms with Crippen LogP contribution < -0.4 is 10.6 Å². The van der Waals surface area contributed by atoms with E-state index in [1.165, 1.54) is 0 Å². The minimum Gasteiger partial charge on any atom is -0.480 e. The van der Waals surface area contributed by atoms with Crippen LogP contribution in [0.25, 0.3) is 11.1 Å². The van der Waals surface area contributed by atoms with Crippen LogP contribution in [0.2, 0.25) is 0 Å². The molecule has 0 heterocycles. The fraction of sp³-hybridized carbons (Fsp3) is 0.423. The number of hydrogen-bond acceptors (Lipinski definition) is 4. The molecule has 2 atom stereocenters. The molecule has 3 N–H and O–H groups in total. The molecule has 7 nitrogen and oxygen atoms in total. The Balaban J connectivity index is 1.66. The second kappa shape index (κ2) is 11.0. The zero-order valence-corrected chi connectivity index (χ0v) is 19.3. The maximum Gasteiger partial charge on any atom is 0.407 e. The Morgan fingerprint density at radius 3 is 2.06 bits per heavy atom. The Morgan fingerprint density at radius 2 is 1.55 bits per heavy atom. The van der Waals surface area contributed by atoms with Gasteiger partial charge in [-0.15, -0.1) is 0 Å². The highest BCUT2D eigenvalue weighted by molar-refractivity contribution is 5.89. The van der Waals surface area contributed by atoms with Crippen molar-refractivity contribution in [3.63, 3.8) is 0 Å². The zero-order chi connectivity index (χ0) is 24.0. The number of aliphatic carboxylic acids is 1. The summed E-state index contributed by atoms with van der Waals surface area (Å²) in [5.74, 6) is -1.98. The maximum absolute atomic E-state index is 12.7. The summed E-state index contributed by atoms with van der Waals surface area (Å²) in [4.78, 5) is 36.8. The van der Waals surface area contributed by atoms with Crippen LogP contribution in [0.4, 0.5) is 4.79 Å². The summed E-state index contributed by atoms with van der Waals surface area (Å²) in [5, 5.41) is 14.6. The molecule has 7 heteroatoms. The molecule has 2 unspecified atom stereocenters. The Bertz CT molecular complexity index is 958. The molecule has 0 aromatic heterocycles. The highest BCUT2D eigenvalue weighted by atomic mass is 16.5. The summed E-state index contributed by atoms with van der Waals surface area (Å²) in [6, 6.07) is 14.2. The van der Waals surface area contributed by atoms with Crippen molar-refractivity contribution in [2.45, 2.75) is 58.0 Å². The highest BCUT2D eigenvalue weighted by Gasteiger charge is 2.31. The molecule has 0 spiro atoms. The van der Waals surface area contributed by atoms with E-state index in [1.807, 2.05) is 43.3 Å². The maximum atomic E-state index is 12.7. The SMILES string of the molecule is CCCCC(NC(=O)OCC1c2ccccc2-c2ccccc21)C(=O)NC(C(=O)O)C(C)C. The number of amides is 2. The molecule has 0 bridgehead atoms. The molecule has 176 valence electrons. The van der Waals surface area contributed by atoms with Gasteiger partial charge in [0, 0.05) is 5.92 Å². The van der Waals surface area contributed by atoms with Gasteiger partial charge in [0.15, 0.2) is 0 Å². The third-order valence-corrected chi connectivity index (χ3v) is 6.03. The minimum absolute atomic E-state index is 0.0802. The quantitative estimate of drug-likeness (QED) is 0.498. The third kappa shape index (κ3) is 5.72. The molecule has 1 aliphatic rings. The fourth-order valence-electron chi connectivity index (χ4n) is 4.23. The number of fused-ring (bicyclic) bond motifs is 3. The molecule has 0 fully saturated rings. The van der Waals surface area contributed by atoms with Crippen LogP contribution in [0.1, 0.15) is 57.1 Å². The molecule has 2 aromatic carbocycles. The lowest BCUT2D eigenvalue weighted by Crippen LogP contribution is -2.53. The molecule has 2 aromatic rings. The van der Waals surface area contributed by atoms with Gasteiger partial charge in [0.25, 0.3) is 0 Å². The van der Waals surface area contributed by atoms with E-state index in [9.17, 15) is 19.5 Å². The van der Waals surface area contributed by atoms with Gasteiger partial charge in [-0.3, -0.25) is 4.79 Å². The van der Waals surface area contributed by atoms with Crippen molar-refractivity contribution in [2.75, 3.05) is 6.61 Å². The summed E-state index contributed by atoms with van der Waals surface area (Å²) < 4.78 is 5.55. The lowest BCUT2D eigenvalue weighted by atomic mass is 9.98. The number of carbonyl (C=O) groups excluding carboxylic acids is 2. The smallest absolute Gasteiger partial charge is 0.407 e. The van der Waals surface area contributed by atoms with Gasteiger partial charge >= 0.3 is 12.1 Å². The van der Waals surface area contributed by atoms with Crippen molar-refractivity contribution in [3.8, 4) is 11.1 Å². The van der Waals surface area contributed by atoms with Gasteiger partial charge < -0.3 is 20.5 Å². The average molecular weight is 453 g/mol. The van der Waals surface area contributed by atoms with E-state index in [1.54, 1.807) is 13.8 Å². The molecule has 2 amide bonds. The van der Waals surface area contributed by atoms with Gasteiger partial charge in [-0.2, -0.15) is 0 Å². The molecule has 3 rings (SSSR count). The first kappa shape index (κ1) is 24.3. The first-order valence-electron chi connectivity index (χ1n) is 11.5. The lowest BCUT2D eigenvalue weighted by molar-refractivity contribution is -0.143. The van der Waals surface area contributed by atoms with Crippen molar-refractivity contribution < 1.29 is 24.2 Å². The van der Waals surface area contributed by atoms with Crippen LogP contribution in [-0.4, -0.2) is 41.8 Å². The summed E-state index contributed by atoms with van der Waals surface area (Å²) in [5.41, 5.74) is 4.48. The lowest BCUT2D eigenvalue weighted by Gasteiger charge is -2.23. The largest absolute Gasteiger partial charge is 0.480 e. The molecular weight excluding hydrogens is 420 g/mol. The predicted molar refractivity (Wildman–Crippen MR) is 126 cm³/mol. The van der Waals surface area contributed by atoms with E-state index < -0.39 is 30.1 Å². The normalized spacial score (nSPS) is 14.2. The van der Waals surface area contributed by atoms with Crippen LogP contribution >= 0.6 is 0 Å². The number of carboxylic acid groups (broad SMARTS) is 1. The number of unbranched alkanes of at least 4 members (excludes halogenated alkanes) is 1.